The van der Waals surface area contributed by atoms with E-state index in [1.54, 1.807) is 25.2 Å². The van der Waals surface area contributed by atoms with Crippen LogP contribution in [0.2, 0.25) is 10.0 Å². The number of likely N-dealkylation sites (N-methyl/N-ethyl adjacent to an activating group) is 1. The van der Waals surface area contributed by atoms with E-state index in [2.05, 4.69) is 42.0 Å². The van der Waals surface area contributed by atoms with Gasteiger partial charge in [0.15, 0.2) is 6.61 Å². The lowest BCUT2D eigenvalue weighted by molar-refractivity contribution is -0.142. The summed E-state index contributed by atoms with van der Waals surface area (Å²) >= 11 is 16.2. The average molecular weight is 544 g/mol. The van der Waals surface area contributed by atoms with Gasteiger partial charge in [0.1, 0.15) is 11.8 Å². The Hall–Kier alpha value is -1.76. The number of ether oxygens (including phenoxy) is 1. The Morgan fingerprint density at radius 3 is 2.28 bits per heavy atom. The lowest BCUT2D eigenvalue weighted by Gasteiger charge is -2.30. The summed E-state index contributed by atoms with van der Waals surface area (Å²) in [6.45, 7) is 8.08. The van der Waals surface area contributed by atoms with E-state index in [-0.39, 0.29) is 30.4 Å². The lowest BCUT2D eigenvalue weighted by Crippen LogP contribution is -2.49. The van der Waals surface area contributed by atoms with Crippen molar-refractivity contribution in [2.45, 2.75) is 52.1 Å². The highest BCUT2D eigenvalue weighted by Crippen LogP contribution is 2.32. The summed E-state index contributed by atoms with van der Waals surface area (Å²) in [6, 6.07) is 10.3. The summed E-state index contributed by atoms with van der Waals surface area (Å²) in [5.41, 5.74) is 1.72. The van der Waals surface area contributed by atoms with Crippen LogP contribution >= 0.6 is 39.1 Å². The minimum atomic E-state index is -0.685. The van der Waals surface area contributed by atoms with Crippen molar-refractivity contribution >= 4 is 50.9 Å². The number of nitrogens with one attached hydrogen (secondary N) is 1. The Kier molecular flexibility index (Phi) is 9.43. The van der Waals surface area contributed by atoms with Crippen molar-refractivity contribution in [1.82, 2.24) is 10.2 Å². The van der Waals surface area contributed by atoms with E-state index in [4.69, 9.17) is 27.9 Å². The molecule has 0 bridgehead atoms. The van der Waals surface area contributed by atoms with Crippen LogP contribution in [0.3, 0.4) is 0 Å². The second-order valence-electron chi connectivity index (χ2n) is 8.44. The highest BCUT2D eigenvalue weighted by Gasteiger charge is 2.29. The lowest BCUT2D eigenvalue weighted by atomic mass is 9.87. The third-order valence-corrected chi connectivity index (χ3v) is 6.50. The fourth-order valence-electron chi connectivity index (χ4n) is 3.25. The average Bonchev–Trinajstić information content (AvgIpc) is 2.73. The maximum absolute atomic E-state index is 13.2. The van der Waals surface area contributed by atoms with Crippen molar-refractivity contribution in [3.8, 4) is 5.75 Å². The zero-order chi connectivity index (χ0) is 24.1. The van der Waals surface area contributed by atoms with Gasteiger partial charge in [0.2, 0.25) is 5.91 Å². The fraction of sp³-hybridized carbons (Fsp3) is 0.417. The smallest absolute Gasteiger partial charge is 0.261 e. The van der Waals surface area contributed by atoms with Crippen molar-refractivity contribution in [1.29, 1.82) is 0 Å². The minimum absolute atomic E-state index is 0.0102. The standard InChI is InChI=1S/C24H29BrCl2N2O3/c1-6-20(23(31)28-5)29(13-16-18(26)8-7-9-19(16)27)22(30)14-32-21-11-10-15(12-17(21)25)24(2,3)4/h7-12,20H,6,13-14H2,1-5H3,(H,28,31)/t20-/m0/s1. The van der Waals surface area contributed by atoms with Gasteiger partial charge < -0.3 is 15.0 Å². The topological polar surface area (TPSA) is 58.6 Å². The van der Waals surface area contributed by atoms with Crippen LogP contribution in [-0.2, 0) is 21.5 Å². The molecule has 0 radical (unpaired) electrons. The summed E-state index contributed by atoms with van der Waals surface area (Å²) in [4.78, 5) is 27.2. The highest BCUT2D eigenvalue weighted by molar-refractivity contribution is 9.10. The summed E-state index contributed by atoms with van der Waals surface area (Å²) in [7, 11) is 1.54. The highest BCUT2D eigenvalue weighted by atomic mass is 79.9. The first-order valence-corrected chi connectivity index (χ1v) is 11.9. The van der Waals surface area contributed by atoms with Crippen LogP contribution in [0, 0.1) is 0 Å². The number of hydrogen-bond acceptors (Lipinski definition) is 3. The van der Waals surface area contributed by atoms with Gasteiger partial charge in [-0.25, -0.2) is 0 Å². The zero-order valence-electron chi connectivity index (χ0n) is 19.0. The second kappa shape index (κ2) is 11.4. The van der Waals surface area contributed by atoms with Gasteiger partial charge in [-0.1, -0.05) is 63.0 Å². The molecule has 0 heterocycles. The molecule has 0 fully saturated rings. The maximum atomic E-state index is 13.2. The molecule has 2 rings (SSSR count). The van der Waals surface area contributed by atoms with Crippen LogP contribution in [0.15, 0.2) is 40.9 Å². The molecule has 2 aromatic rings. The molecule has 5 nitrogen and oxygen atoms in total. The summed E-state index contributed by atoms with van der Waals surface area (Å²) < 4.78 is 6.58. The van der Waals surface area contributed by atoms with Crippen LogP contribution in [0.5, 0.6) is 5.75 Å². The minimum Gasteiger partial charge on any atom is -0.483 e. The van der Waals surface area contributed by atoms with Gasteiger partial charge in [0.05, 0.1) is 4.47 Å². The first-order chi connectivity index (χ1) is 15.0. The summed E-state index contributed by atoms with van der Waals surface area (Å²) in [5.74, 6) is -0.0574. The number of benzene rings is 2. The molecular formula is C24H29BrCl2N2O3. The quantitative estimate of drug-likeness (QED) is 0.445. The Morgan fingerprint density at radius 1 is 1.16 bits per heavy atom. The maximum Gasteiger partial charge on any atom is 0.261 e. The molecule has 2 aromatic carbocycles. The zero-order valence-corrected chi connectivity index (χ0v) is 22.1. The van der Waals surface area contributed by atoms with E-state index < -0.39 is 6.04 Å². The van der Waals surface area contributed by atoms with E-state index in [0.717, 1.165) is 10.0 Å². The van der Waals surface area contributed by atoms with E-state index in [1.807, 2.05) is 25.1 Å². The molecule has 32 heavy (non-hydrogen) atoms. The molecule has 0 saturated carbocycles. The molecule has 0 spiro atoms. The molecule has 1 atom stereocenters. The van der Waals surface area contributed by atoms with Crippen molar-refractivity contribution in [3.05, 3.63) is 62.0 Å². The molecule has 0 aromatic heterocycles. The van der Waals surface area contributed by atoms with Crippen LogP contribution in [0.4, 0.5) is 0 Å². The predicted octanol–water partition coefficient (Wildman–Crippen LogP) is 5.99. The van der Waals surface area contributed by atoms with Crippen LogP contribution in [0.1, 0.15) is 45.2 Å². The SMILES string of the molecule is CC[C@@H](C(=O)NC)N(Cc1c(Cl)cccc1Cl)C(=O)COc1ccc(C(C)(C)C)cc1Br. The number of halogens is 3. The van der Waals surface area contributed by atoms with Gasteiger partial charge in [-0.2, -0.15) is 0 Å². The molecule has 1 N–H and O–H groups in total. The number of carbonyl (C=O) groups is 2. The third-order valence-electron chi connectivity index (χ3n) is 5.17. The fourth-order valence-corrected chi connectivity index (χ4v) is 4.26. The Bertz CT molecular complexity index is 956. The number of amides is 2. The number of rotatable bonds is 8. The Balaban J connectivity index is 2.27. The van der Waals surface area contributed by atoms with Gasteiger partial charge >= 0.3 is 0 Å². The van der Waals surface area contributed by atoms with Crippen LogP contribution < -0.4 is 10.1 Å². The van der Waals surface area contributed by atoms with Crippen molar-refractivity contribution in [2.24, 2.45) is 0 Å². The number of hydrogen-bond donors (Lipinski definition) is 1. The van der Waals surface area contributed by atoms with Gasteiger partial charge in [-0.05, 0) is 57.6 Å². The molecular weight excluding hydrogens is 515 g/mol. The largest absolute Gasteiger partial charge is 0.483 e. The molecule has 2 amide bonds. The van der Waals surface area contributed by atoms with Crippen molar-refractivity contribution < 1.29 is 14.3 Å². The molecule has 8 heteroatoms. The first kappa shape index (κ1) is 26.5. The van der Waals surface area contributed by atoms with Crippen LogP contribution in [0.25, 0.3) is 0 Å². The van der Waals surface area contributed by atoms with Crippen molar-refractivity contribution in [2.75, 3.05) is 13.7 Å². The Labute approximate surface area is 208 Å². The molecule has 0 aliphatic rings. The van der Waals surface area contributed by atoms with Gasteiger partial charge in [-0.3, -0.25) is 9.59 Å². The van der Waals surface area contributed by atoms with E-state index in [1.165, 1.54) is 4.90 Å². The summed E-state index contributed by atoms with van der Waals surface area (Å²) in [6.07, 6.45) is 0.428. The molecule has 174 valence electrons. The van der Waals surface area contributed by atoms with E-state index in [0.29, 0.717) is 27.8 Å². The number of carbonyl (C=O) groups excluding carboxylic acids is 2. The molecule has 0 unspecified atom stereocenters. The van der Waals surface area contributed by atoms with Crippen LogP contribution in [-0.4, -0.2) is 36.4 Å². The first-order valence-electron chi connectivity index (χ1n) is 10.4. The number of nitrogens with zero attached hydrogens (tertiary/aromatic N) is 1. The molecule has 0 aliphatic carbocycles. The van der Waals surface area contributed by atoms with E-state index in [9.17, 15) is 9.59 Å². The van der Waals surface area contributed by atoms with Crippen molar-refractivity contribution in [3.63, 3.8) is 0 Å². The predicted molar refractivity (Wildman–Crippen MR) is 133 cm³/mol. The molecule has 0 aliphatic heterocycles. The monoisotopic (exact) mass is 542 g/mol. The third kappa shape index (κ3) is 6.63. The Morgan fingerprint density at radius 2 is 1.78 bits per heavy atom. The summed E-state index contributed by atoms with van der Waals surface area (Å²) in [5, 5.41) is 3.49. The molecule has 0 saturated heterocycles. The second-order valence-corrected chi connectivity index (χ2v) is 10.1. The van der Waals surface area contributed by atoms with Gasteiger partial charge in [0.25, 0.3) is 5.91 Å². The normalized spacial score (nSPS) is 12.2. The van der Waals surface area contributed by atoms with E-state index >= 15 is 0 Å². The van der Waals surface area contributed by atoms with Gasteiger partial charge in [0, 0.05) is 29.2 Å². The van der Waals surface area contributed by atoms with Gasteiger partial charge in [-0.15, -0.1) is 0 Å².